The number of H-pyrrole nitrogens is 1. The van der Waals surface area contributed by atoms with Crippen molar-refractivity contribution in [1.29, 1.82) is 0 Å². The number of phenols is 1. The largest absolute Gasteiger partial charge is 0.508 e. The Morgan fingerprint density at radius 3 is 2.97 bits per heavy atom. The van der Waals surface area contributed by atoms with E-state index < -0.39 is 0 Å². The zero-order valence-corrected chi connectivity index (χ0v) is 17.6. The molecule has 0 unspecified atom stereocenters. The van der Waals surface area contributed by atoms with Gasteiger partial charge in [-0.1, -0.05) is 17.7 Å². The van der Waals surface area contributed by atoms with Gasteiger partial charge in [0.1, 0.15) is 17.1 Å². The molecule has 0 spiro atoms. The fourth-order valence-electron chi connectivity index (χ4n) is 4.30. The maximum atomic E-state index is 10.0. The van der Waals surface area contributed by atoms with E-state index in [1.54, 1.807) is 23.0 Å². The number of benzene rings is 1. The molecule has 1 saturated carbocycles. The summed E-state index contributed by atoms with van der Waals surface area (Å²) in [6.45, 7) is 2.49. The Balaban J connectivity index is 1.19. The van der Waals surface area contributed by atoms with Crippen molar-refractivity contribution in [2.45, 2.75) is 32.4 Å². The maximum absolute atomic E-state index is 10.0. The first-order chi connectivity index (χ1) is 15.7. The van der Waals surface area contributed by atoms with Gasteiger partial charge in [-0.3, -0.25) is 5.10 Å². The molecule has 0 atom stereocenters. The lowest BCUT2D eigenvalue weighted by molar-refractivity contribution is 0.301. The molecule has 0 radical (unpaired) electrons. The van der Waals surface area contributed by atoms with Gasteiger partial charge in [0.25, 0.3) is 0 Å². The molecule has 0 saturated heterocycles. The van der Waals surface area contributed by atoms with E-state index in [0.717, 1.165) is 46.8 Å². The molecule has 1 aromatic carbocycles. The molecule has 1 fully saturated rings. The topological polar surface area (TPSA) is 109 Å². The molecule has 9 nitrogen and oxygen atoms in total. The Hall–Kier alpha value is -3.72. The van der Waals surface area contributed by atoms with E-state index in [1.165, 1.54) is 24.8 Å². The van der Waals surface area contributed by atoms with Gasteiger partial charge in [-0.25, -0.2) is 9.67 Å². The number of pyridine rings is 1. The number of nitrogens with one attached hydrogen (secondary N) is 2. The summed E-state index contributed by atoms with van der Waals surface area (Å²) in [5, 5.41) is 30.0. The second kappa shape index (κ2) is 7.76. The summed E-state index contributed by atoms with van der Waals surface area (Å²) >= 11 is 0. The molecular formula is C23H24N8O. The van der Waals surface area contributed by atoms with Crippen molar-refractivity contribution in [1.82, 2.24) is 39.9 Å². The van der Waals surface area contributed by atoms with E-state index in [4.69, 9.17) is 4.98 Å². The van der Waals surface area contributed by atoms with Crippen LogP contribution < -0.4 is 5.32 Å². The third kappa shape index (κ3) is 3.60. The Morgan fingerprint density at radius 2 is 2.09 bits per heavy atom. The SMILES string of the molecule is Oc1cc(-c2cn(Cc3cn4cc(CNCC5CCC5)ccc4n3)nn2)c2cn[nH]c2c1. The molecule has 0 aliphatic heterocycles. The van der Waals surface area contributed by atoms with Gasteiger partial charge in [-0.2, -0.15) is 5.10 Å². The fourth-order valence-corrected chi connectivity index (χ4v) is 4.30. The summed E-state index contributed by atoms with van der Waals surface area (Å²) in [6, 6.07) is 7.51. The molecule has 162 valence electrons. The number of fused-ring (bicyclic) bond motifs is 2. The summed E-state index contributed by atoms with van der Waals surface area (Å²) < 4.78 is 3.83. The van der Waals surface area contributed by atoms with Crippen molar-refractivity contribution in [2.75, 3.05) is 6.54 Å². The molecular weight excluding hydrogens is 404 g/mol. The molecule has 6 rings (SSSR count). The predicted octanol–water partition coefficient (Wildman–Crippen LogP) is 3.11. The number of rotatable bonds is 7. The maximum Gasteiger partial charge on any atom is 0.137 e. The summed E-state index contributed by atoms with van der Waals surface area (Å²) in [6.07, 6.45) is 11.9. The summed E-state index contributed by atoms with van der Waals surface area (Å²) in [4.78, 5) is 4.72. The van der Waals surface area contributed by atoms with Crippen LogP contribution in [0.3, 0.4) is 0 Å². The summed E-state index contributed by atoms with van der Waals surface area (Å²) in [5.41, 5.74) is 5.29. The highest BCUT2D eigenvalue weighted by Gasteiger charge is 2.16. The number of aromatic nitrogens is 7. The van der Waals surface area contributed by atoms with Crippen molar-refractivity contribution in [3.05, 3.63) is 60.3 Å². The molecule has 32 heavy (non-hydrogen) atoms. The summed E-state index contributed by atoms with van der Waals surface area (Å²) in [7, 11) is 0. The van der Waals surface area contributed by atoms with Gasteiger partial charge < -0.3 is 14.8 Å². The van der Waals surface area contributed by atoms with E-state index in [2.05, 4.69) is 48.6 Å². The van der Waals surface area contributed by atoms with E-state index in [-0.39, 0.29) is 5.75 Å². The van der Waals surface area contributed by atoms with Gasteiger partial charge in [0.2, 0.25) is 0 Å². The minimum atomic E-state index is 0.157. The Kier molecular flexibility index (Phi) is 4.61. The molecule has 5 aromatic rings. The lowest BCUT2D eigenvalue weighted by atomic mass is 9.85. The minimum Gasteiger partial charge on any atom is -0.508 e. The van der Waals surface area contributed by atoms with Crippen LogP contribution in [0.25, 0.3) is 27.8 Å². The number of aromatic amines is 1. The van der Waals surface area contributed by atoms with Gasteiger partial charge >= 0.3 is 0 Å². The third-order valence-corrected chi connectivity index (χ3v) is 6.23. The van der Waals surface area contributed by atoms with Crippen LogP contribution >= 0.6 is 0 Å². The van der Waals surface area contributed by atoms with Crippen molar-refractivity contribution < 1.29 is 5.11 Å². The van der Waals surface area contributed by atoms with E-state index in [0.29, 0.717) is 12.2 Å². The van der Waals surface area contributed by atoms with Crippen molar-refractivity contribution >= 4 is 16.6 Å². The second-order valence-corrected chi connectivity index (χ2v) is 8.59. The standard InChI is InChI=1S/C23H24N8O/c32-18-6-19(20-10-25-27-21(20)7-18)22-14-31(29-28-22)13-17-12-30-11-16(4-5-23(30)26-17)9-24-8-15-2-1-3-15/h4-7,10-12,14-15,24,32H,1-3,8-9,13H2,(H,25,27). The van der Waals surface area contributed by atoms with Crippen LogP contribution in [0, 0.1) is 5.92 Å². The van der Waals surface area contributed by atoms with Crippen LogP contribution in [-0.2, 0) is 13.1 Å². The number of imidazole rings is 1. The monoisotopic (exact) mass is 428 g/mol. The first-order valence-electron chi connectivity index (χ1n) is 10.9. The lowest BCUT2D eigenvalue weighted by Gasteiger charge is -2.25. The van der Waals surface area contributed by atoms with Crippen LogP contribution in [0.1, 0.15) is 30.5 Å². The normalized spacial score (nSPS) is 14.4. The third-order valence-electron chi connectivity index (χ3n) is 6.23. The van der Waals surface area contributed by atoms with Crippen LogP contribution in [0.5, 0.6) is 5.75 Å². The first kappa shape index (κ1) is 19.0. The number of hydrogen-bond acceptors (Lipinski definition) is 6. The Bertz CT molecular complexity index is 1390. The van der Waals surface area contributed by atoms with Crippen LogP contribution in [-0.4, -0.2) is 46.2 Å². The first-order valence-corrected chi connectivity index (χ1v) is 10.9. The average Bonchev–Trinajstić information content (AvgIpc) is 3.48. The smallest absolute Gasteiger partial charge is 0.137 e. The molecule has 4 heterocycles. The molecule has 0 bridgehead atoms. The Labute approximate surface area is 184 Å². The van der Waals surface area contributed by atoms with Gasteiger partial charge in [0.15, 0.2) is 0 Å². The summed E-state index contributed by atoms with van der Waals surface area (Å²) in [5.74, 6) is 1.01. The van der Waals surface area contributed by atoms with E-state index in [1.807, 2.05) is 12.4 Å². The highest BCUT2D eigenvalue weighted by atomic mass is 16.3. The van der Waals surface area contributed by atoms with Crippen molar-refractivity contribution in [3.63, 3.8) is 0 Å². The number of aromatic hydroxyl groups is 1. The zero-order valence-electron chi connectivity index (χ0n) is 17.6. The highest BCUT2D eigenvalue weighted by Crippen LogP contribution is 2.30. The van der Waals surface area contributed by atoms with Crippen LogP contribution in [0.4, 0.5) is 0 Å². The molecule has 3 N–H and O–H groups in total. The molecule has 0 amide bonds. The molecule has 1 aliphatic rings. The fraction of sp³-hybridized carbons (Fsp3) is 0.304. The van der Waals surface area contributed by atoms with Crippen LogP contribution in [0.2, 0.25) is 0 Å². The zero-order chi connectivity index (χ0) is 21.5. The molecule has 4 aromatic heterocycles. The minimum absolute atomic E-state index is 0.157. The number of phenolic OH excluding ortho intramolecular Hbond substituents is 1. The lowest BCUT2D eigenvalue weighted by Crippen LogP contribution is -2.26. The average molecular weight is 429 g/mol. The van der Waals surface area contributed by atoms with E-state index >= 15 is 0 Å². The predicted molar refractivity (Wildman–Crippen MR) is 120 cm³/mol. The van der Waals surface area contributed by atoms with Gasteiger partial charge in [-0.05, 0) is 43.0 Å². The molecule has 1 aliphatic carbocycles. The molecule has 9 heteroatoms. The van der Waals surface area contributed by atoms with Gasteiger partial charge in [-0.15, -0.1) is 5.10 Å². The Morgan fingerprint density at radius 1 is 1.16 bits per heavy atom. The van der Waals surface area contributed by atoms with Crippen molar-refractivity contribution in [2.24, 2.45) is 5.92 Å². The number of nitrogens with zero attached hydrogens (tertiary/aromatic N) is 6. The second-order valence-electron chi connectivity index (χ2n) is 8.59. The van der Waals surface area contributed by atoms with Crippen molar-refractivity contribution in [3.8, 4) is 17.0 Å². The van der Waals surface area contributed by atoms with Gasteiger partial charge in [0, 0.05) is 36.0 Å². The highest BCUT2D eigenvalue weighted by molar-refractivity contribution is 5.94. The van der Waals surface area contributed by atoms with Crippen LogP contribution in [0.15, 0.2) is 49.1 Å². The quantitative estimate of drug-likeness (QED) is 0.368. The number of hydrogen-bond donors (Lipinski definition) is 3. The van der Waals surface area contributed by atoms with E-state index in [9.17, 15) is 5.11 Å². The van der Waals surface area contributed by atoms with Gasteiger partial charge in [0.05, 0.1) is 30.1 Å².